The molecule has 0 bridgehead atoms. The van der Waals surface area contributed by atoms with E-state index in [1.54, 1.807) is 6.92 Å². The molecule has 2 heterocycles. The minimum absolute atomic E-state index is 0.0227. The van der Waals surface area contributed by atoms with Gasteiger partial charge in [0.15, 0.2) is 12.4 Å². The van der Waals surface area contributed by atoms with E-state index in [0.717, 1.165) is 47.8 Å². The molecule has 2 aromatic heterocycles. The van der Waals surface area contributed by atoms with Crippen molar-refractivity contribution in [1.82, 2.24) is 15.1 Å². The van der Waals surface area contributed by atoms with Gasteiger partial charge in [-0.2, -0.15) is 4.98 Å². The van der Waals surface area contributed by atoms with Crippen LogP contribution in [0, 0.1) is 6.92 Å². The van der Waals surface area contributed by atoms with E-state index in [2.05, 4.69) is 10.1 Å². The first-order valence-electron chi connectivity index (χ1n) is 8.09. The van der Waals surface area contributed by atoms with Crippen LogP contribution in [0.1, 0.15) is 46.2 Å². The fourth-order valence-corrected chi connectivity index (χ4v) is 3.20. The van der Waals surface area contributed by atoms with Crippen molar-refractivity contribution >= 4 is 16.9 Å². The molecule has 122 valence electrons. The number of rotatable bonds is 3. The number of ether oxygens (including phenoxy) is 1. The Bertz CT molecular complexity index is 917. The molecule has 1 aromatic carbocycles. The quantitative estimate of drug-likeness (QED) is 0.689. The third-order valence-corrected chi connectivity index (χ3v) is 4.27. The van der Waals surface area contributed by atoms with Gasteiger partial charge in [-0.1, -0.05) is 23.4 Å². The van der Waals surface area contributed by atoms with Gasteiger partial charge in [-0.05, 0) is 44.2 Å². The van der Waals surface area contributed by atoms with Gasteiger partial charge in [0.1, 0.15) is 0 Å². The number of carbonyl (C=O) groups excluding carboxylic acids is 1. The fraction of sp³-hybridized carbons (Fsp3) is 0.333. The van der Waals surface area contributed by atoms with Gasteiger partial charge in [0.2, 0.25) is 0 Å². The molecule has 24 heavy (non-hydrogen) atoms. The van der Waals surface area contributed by atoms with Crippen LogP contribution in [0.3, 0.4) is 0 Å². The Hall–Kier alpha value is -2.76. The van der Waals surface area contributed by atoms with Crippen molar-refractivity contribution in [1.29, 1.82) is 0 Å². The van der Waals surface area contributed by atoms with E-state index < -0.39 is 0 Å². The lowest BCUT2D eigenvalue weighted by atomic mass is 9.90. The molecule has 1 aliphatic carbocycles. The van der Waals surface area contributed by atoms with Crippen molar-refractivity contribution in [3.63, 3.8) is 0 Å². The summed E-state index contributed by atoms with van der Waals surface area (Å²) in [7, 11) is 0. The van der Waals surface area contributed by atoms with Gasteiger partial charge in [0.25, 0.3) is 5.89 Å². The number of nitrogens with zero attached hydrogens (tertiary/aromatic N) is 3. The van der Waals surface area contributed by atoms with Crippen LogP contribution in [-0.4, -0.2) is 21.1 Å². The largest absolute Gasteiger partial charge is 0.452 e. The van der Waals surface area contributed by atoms with Crippen molar-refractivity contribution in [2.24, 2.45) is 0 Å². The first-order chi connectivity index (χ1) is 11.7. The standard InChI is InChI=1S/C18H17N3O3/c1-11-19-16(24-21-11)10-23-18(22)17-12-6-2-4-8-14(12)20-15-9-5-3-7-13(15)17/h2,4,6,8H,3,5,7,9-10H2,1H3. The lowest BCUT2D eigenvalue weighted by Crippen LogP contribution is -2.15. The van der Waals surface area contributed by atoms with Crippen LogP contribution in [0.2, 0.25) is 0 Å². The second-order valence-corrected chi connectivity index (χ2v) is 5.95. The molecular weight excluding hydrogens is 306 g/mol. The van der Waals surface area contributed by atoms with Crippen LogP contribution in [-0.2, 0) is 24.2 Å². The van der Waals surface area contributed by atoms with Gasteiger partial charge in [-0.25, -0.2) is 4.79 Å². The van der Waals surface area contributed by atoms with E-state index in [1.165, 1.54) is 0 Å². The second-order valence-electron chi connectivity index (χ2n) is 5.95. The maximum Gasteiger partial charge on any atom is 0.339 e. The Balaban J connectivity index is 1.72. The summed E-state index contributed by atoms with van der Waals surface area (Å²) >= 11 is 0. The number of aryl methyl sites for hydroxylation is 2. The molecule has 0 saturated heterocycles. The summed E-state index contributed by atoms with van der Waals surface area (Å²) in [5.74, 6) is 0.462. The monoisotopic (exact) mass is 323 g/mol. The number of fused-ring (bicyclic) bond motifs is 2. The maximum absolute atomic E-state index is 12.8. The summed E-state index contributed by atoms with van der Waals surface area (Å²) in [6.07, 6.45) is 3.94. The predicted octanol–water partition coefficient (Wildman–Crippen LogP) is 3.16. The molecule has 0 unspecified atom stereocenters. The normalized spacial score (nSPS) is 13.7. The zero-order valence-corrected chi connectivity index (χ0v) is 13.4. The zero-order valence-electron chi connectivity index (χ0n) is 13.4. The number of hydrogen-bond donors (Lipinski definition) is 0. The van der Waals surface area contributed by atoms with E-state index >= 15 is 0 Å². The minimum atomic E-state index is -0.359. The molecule has 6 heteroatoms. The molecule has 0 saturated carbocycles. The molecule has 0 N–H and O–H groups in total. The molecule has 0 amide bonds. The molecule has 0 radical (unpaired) electrons. The van der Waals surface area contributed by atoms with E-state index in [9.17, 15) is 4.79 Å². The summed E-state index contributed by atoms with van der Waals surface area (Å²) in [6, 6.07) is 7.70. The van der Waals surface area contributed by atoms with Crippen molar-refractivity contribution in [3.05, 3.63) is 52.8 Å². The summed E-state index contributed by atoms with van der Waals surface area (Å²) < 4.78 is 10.4. The molecule has 0 fully saturated rings. The molecule has 0 atom stereocenters. The number of benzene rings is 1. The highest BCUT2D eigenvalue weighted by Gasteiger charge is 2.23. The van der Waals surface area contributed by atoms with Crippen LogP contribution in [0.4, 0.5) is 0 Å². The Kier molecular flexibility index (Phi) is 3.72. The Morgan fingerprint density at radius 1 is 1.21 bits per heavy atom. The number of hydrogen-bond acceptors (Lipinski definition) is 6. The average molecular weight is 323 g/mol. The van der Waals surface area contributed by atoms with E-state index in [1.807, 2.05) is 24.3 Å². The SMILES string of the molecule is Cc1noc(COC(=O)c2c3c(nc4ccccc24)CCCC3)n1. The second kappa shape index (κ2) is 6.03. The van der Waals surface area contributed by atoms with Crippen molar-refractivity contribution in [2.75, 3.05) is 0 Å². The van der Waals surface area contributed by atoms with Gasteiger partial charge < -0.3 is 9.26 Å². The lowest BCUT2D eigenvalue weighted by molar-refractivity contribution is 0.0430. The van der Waals surface area contributed by atoms with Gasteiger partial charge in [0, 0.05) is 11.1 Å². The van der Waals surface area contributed by atoms with Gasteiger partial charge >= 0.3 is 5.97 Å². The van der Waals surface area contributed by atoms with Gasteiger partial charge in [-0.3, -0.25) is 4.98 Å². The molecule has 0 spiro atoms. The number of carbonyl (C=O) groups is 1. The van der Waals surface area contributed by atoms with Crippen LogP contribution in [0.25, 0.3) is 10.9 Å². The molecular formula is C18H17N3O3. The Morgan fingerprint density at radius 2 is 2.04 bits per heavy atom. The zero-order chi connectivity index (χ0) is 16.5. The van der Waals surface area contributed by atoms with E-state index in [0.29, 0.717) is 17.3 Å². The molecule has 3 aromatic rings. The van der Waals surface area contributed by atoms with Crippen molar-refractivity contribution in [3.8, 4) is 0 Å². The Morgan fingerprint density at radius 3 is 2.88 bits per heavy atom. The van der Waals surface area contributed by atoms with Crippen LogP contribution in [0.5, 0.6) is 0 Å². The van der Waals surface area contributed by atoms with Gasteiger partial charge in [0.05, 0.1) is 11.1 Å². The molecule has 0 aliphatic heterocycles. The van der Waals surface area contributed by atoms with Crippen LogP contribution in [0.15, 0.2) is 28.8 Å². The van der Waals surface area contributed by atoms with Gasteiger partial charge in [-0.15, -0.1) is 0 Å². The average Bonchev–Trinajstić information content (AvgIpc) is 3.03. The summed E-state index contributed by atoms with van der Waals surface area (Å²) in [4.78, 5) is 21.6. The topological polar surface area (TPSA) is 78.1 Å². The first kappa shape index (κ1) is 14.8. The molecule has 1 aliphatic rings. The smallest absolute Gasteiger partial charge is 0.339 e. The minimum Gasteiger partial charge on any atom is -0.452 e. The summed E-state index contributed by atoms with van der Waals surface area (Å²) in [6.45, 7) is 1.70. The predicted molar refractivity (Wildman–Crippen MR) is 86.5 cm³/mol. The summed E-state index contributed by atoms with van der Waals surface area (Å²) in [5.41, 5.74) is 3.50. The van der Waals surface area contributed by atoms with Crippen LogP contribution < -0.4 is 0 Å². The van der Waals surface area contributed by atoms with Crippen LogP contribution >= 0.6 is 0 Å². The highest BCUT2D eigenvalue weighted by atomic mass is 16.6. The third kappa shape index (κ3) is 2.64. The first-order valence-corrected chi connectivity index (χ1v) is 8.09. The summed E-state index contributed by atoms with van der Waals surface area (Å²) in [5, 5.41) is 4.54. The highest BCUT2D eigenvalue weighted by Crippen LogP contribution is 2.29. The molecule has 4 rings (SSSR count). The van der Waals surface area contributed by atoms with E-state index in [-0.39, 0.29) is 12.6 Å². The van der Waals surface area contributed by atoms with E-state index in [4.69, 9.17) is 14.2 Å². The van der Waals surface area contributed by atoms with Crippen molar-refractivity contribution in [2.45, 2.75) is 39.2 Å². The Labute approximate surface area is 138 Å². The lowest BCUT2D eigenvalue weighted by Gasteiger charge is -2.19. The number of aromatic nitrogens is 3. The fourth-order valence-electron chi connectivity index (χ4n) is 3.20. The number of pyridine rings is 1. The third-order valence-electron chi connectivity index (χ3n) is 4.27. The maximum atomic E-state index is 12.8. The number of esters is 1. The highest BCUT2D eigenvalue weighted by molar-refractivity contribution is 6.05. The van der Waals surface area contributed by atoms with Crippen molar-refractivity contribution < 1.29 is 14.1 Å². The molecule has 6 nitrogen and oxygen atoms in total. The number of para-hydroxylation sites is 1.